The second kappa shape index (κ2) is 8.45. The Morgan fingerprint density at radius 3 is 2.44 bits per heavy atom. The number of rotatable bonds is 10. The first-order valence-electron chi connectivity index (χ1n) is 6.66. The molecule has 5 heteroatoms. The molecule has 5 nitrogen and oxygen atoms in total. The maximum Gasteiger partial charge on any atom is 0.324 e. The van der Waals surface area contributed by atoms with Crippen molar-refractivity contribution < 1.29 is 14.6 Å². The molecule has 0 aromatic heterocycles. The van der Waals surface area contributed by atoms with Crippen molar-refractivity contribution in [1.82, 2.24) is 10.2 Å². The van der Waals surface area contributed by atoms with E-state index in [1.54, 1.807) is 6.92 Å². The lowest BCUT2D eigenvalue weighted by atomic mass is 10.0. The zero-order valence-electron chi connectivity index (χ0n) is 12.3. The van der Waals surface area contributed by atoms with Crippen molar-refractivity contribution in [2.45, 2.75) is 46.2 Å². The van der Waals surface area contributed by atoms with Crippen LogP contribution >= 0.6 is 0 Å². The quantitative estimate of drug-likeness (QED) is 0.578. The fourth-order valence-electron chi connectivity index (χ4n) is 1.95. The van der Waals surface area contributed by atoms with E-state index in [4.69, 9.17) is 4.74 Å². The lowest BCUT2D eigenvalue weighted by molar-refractivity contribution is -0.145. The van der Waals surface area contributed by atoms with E-state index in [-0.39, 0.29) is 6.04 Å². The van der Waals surface area contributed by atoms with Crippen molar-refractivity contribution in [1.29, 1.82) is 0 Å². The lowest BCUT2D eigenvalue weighted by Crippen LogP contribution is -2.59. The van der Waals surface area contributed by atoms with Crippen LogP contribution in [0.2, 0.25) is 0 Å². The van der Waals surface area contributed by atoms with Gasteiger partial charge in [-0.2, -0.15) is 0 Å². The van der Waals surface area contributed by atoms with E-state index in [9.17, 15) is 9.90 Å². The van der Waals surface area contributed by atoms with Gasteiger partial charge in [0.25, 0.3) is 0 Å². The van der Waals surface area contributed by atoms with E-state index < -0.39 is 11.5 Å². The minimum atomic E-state index is -0.920. The van der Waals surface area contributed by atoms with Crippen LogP contribution in [-0.4, -0.2) is 60.4 Å². The highest BCUT2D eigenvalue weighted by Gasteiger charge is 2.35. The molecule has 0 heterocycles. The predicted octanol–water partition coefficient (Wildman–Crippen LogP) is 1.19. The van der Waals surface area contributed by atoms with E-state index in [2.05, 4.69) is 10.2 Å². The van der Waals surface area contributed by atoms with Gasteiger partial charge in [-0.3, -0.25) is 15.0 Å². The van der Waals surface area contributed by atoms with Crippen LogP contribution in [0.3, 0.4) is 0 Å². The number of carboxylic acid groups (broad SMARTS) is 1. The van der Waals surface area contributed by atoms with Crippen molar-refractivity contribution in [3.8, 4) is 0 Å². The maximum absolute atomic E-state index is 11.4. The number of carboxylic acids is 1. The van der Waals surface area contributed by atoms with E-state index in [1.165, 1.54) is 0 Å². The number of nitrogens with one attached hydrogen (secondary N) is 1. The molecule has 2 N–H and O–H groups in total. The molecule has 0 fully saturated rings. The second-order valence-corrected chi connectivity index (χ2v) is 5.00. The number of likely N-dealkylation sites (N-methyl/N-ethyl adjacent to an activating group) is 1. The molecule has 0 aliphatic carbocycles. The molecular weight excluding hydrogens is 232 g/mol. The summed E-state index contributed by atoms with van der Waals surface area (Å²) in [5.41, 5.74) is -0.920. The summed E-state index contributed by atoms with van der Waals surface area (Å²) in [4.78, 5) is 13.5. The second-order valence-electron chi connectivity index (χ2n) is 5.00. The van der Waals surface area contributed by atoms with E-state index in [0.29, 0.717) is 19.8 Å². The SMILES string of the molecule is CCOCCN(CC)CC(C)(NC(C)C)C(=O)O. The van der Waals surface area contributed by atoms with E-state index >= 15 is 0 Å². The number of nitrogens with zero attached hydrogens (tertiary/aromatic N) is 1. The molecule has 0 aromatic rings. The van der Waals surface area contributed by atoms with Gasteiger partial charge in [-0.05, 0) is 34.2 Å². The van der Waals surface area contributed by atoms with E-state index in [1.807, 2.05) is 27.7 Å². The summed E-state index contributed by atoms with van der Waals surface area (Å²) in [5.74, 6) is -0.814. The molecule has 0 aliphatic rings. The van der Waals surface area contributed by atoms with Gasteiger partial charge in [0.2, 0.25) is 0 Å². The van der Waals surface area contributed by atoms with Gasteiger partial charge in [0.05, 0.1) is 6.61 Å². The molecule has 0 radical (unpaired) electrons. The van der Waals surface area contributed by atoms with Gasteiger partial charge in [-0.1, -0.05) is 6.92 Å². The third kappa shape index (κ3) is 6.33. The smallest absolute Gasteiger partial charge is 0.324 e. The Labute approximate surface area is 110 Å². The molecule has 0 aromatic carbocycles. The first-order chi connectivity index (χ1) is 8.35. The number of hydrogen-bond donors (Lipinski definition) is 2. The summed E-state index contributed by atoms with van der Waals surface area (Å²) in [6.45, 7) is 13.0. The monoisotopic (exact) mass is 260 g/mol. The Kier molecular flexibility index (Phi) is 8.15. The van der Waals surface area contributed by atoms with Crippen molar-refractivity contribution in [2.75, 3.05) is 32.8 Å². The first-order valence-corrected chi connectivity index (χ1v) is 6.66. The lowest BCUT2D eigenvalue weighted by Gasteiger charge is -2.34. The highest BCUT2D eigenvalue weighted by atomic mass is 16.5. The fraction of sp³-hybridized carbons (Fsp3) is 0.923. The Hall–Kier alpha value is -0.650. The van der Waals surface area contributed by atoms with Gasteiger partial charge in [-0.25, -0.2) is 0 Å². The zero-order chi connectivity index (χ0) is 14.2. The first kappa shape index (κ1) is 17.4. The van der Waals surface area contributed by atoms with Crippen molar-refractivity contribution in [2.24, 2.45) is 0 Å². The highest BCUT2D eigenvalue weighted by Crippen LogP contribution is 2.09. The molecule has 1 atom stereocenters. The number of aliphatic carboxylic acids is 1. The van der Waals surface area contributed by atoms with Gasteiger partial charge in [0, 0.05) is 25.7 Å². The van der Waals surface area contributed by atoms with Crippen LogP contribution in [0, 0.1) is 0 Å². The van der Waals surface area contributed by atoms with Crippen molar-refractivity contribution in [3.05, 3.63) is 0 Å². The third-order valence-corrected chi connectivity index (χ3v) is 2.82. The standard InChI is InChI=1S/C13H28N2O3/c1-6-15(8-9-18-7-2)10-13(5,12(16)17)14-11(3)4/h11,14H,6-10H2,1-5H3,(H,16,17). The van der Waals surface area contributed by atoms with Crippen LogP contribution in [-0.2, 0) is 9.53 Å². The van der Waals surface area contributed by atoms with Crippen LogP contribution in [0.25, 0.3) is 0 Å². The highest BCUT2D eigenvalue weighted by molar-refractivity contribution is 5.78. The van der Waals surface area contributed by atoms with Crippen LogP contribution in [0.4, 0.5) is 0 Å². The summed E-state index contributed by atoms with van der Waals surface area (Å²) in [7, 11) is 0. The molecule has 0 spiro atoms. The molecule has 0 aliphatic heterocycles. The van der Waals surface area contributed by atoms with Crippen molar-refractivity contribution in [3.63, 3.8) is 0 Å². The maximum atomic E-state index is 11.4. The van der Waals surface area contributed by atoms with Crippen LogP contribution in [0.5, 0.6) is 0 Å². The summed E-state index contributed by atoms with van der Waals surface area (Å²) >= 11 is 0. The van der Waals surface area contributed by atoms with Crippen LogP contribution in [0.15, 0.2) is 0 Å². The molecule has 1 unspecified atom stereocenters. The Balaban J connectivity index is 4.48. The average Bonchev–Trinajstić information content (AvgIpc) is 2.26. The van der Waals surface area contributed by atoms with Crippen molar-refractivity contribution >= 4 is 5.97 Å². The Morgan fingerprint density at radius 2 is 2.06 bits per heavy atom. The molecule has 0 rings (SSSR count). The average molecular weight is 260 g/mol. The van der Waals surface area contributed by atoms with Crippen LogP contribution < -0.4 is 5.32 Å². The molecule has 108 valence electrons. The minimum absolute atomic E-state index is 0.136. The summed E-state index contributed by atoms with van der Waals surface area (Å²) < 4.78 is 5.31. The zero-order valence-corrected chi connectivity index (χ0v) is 12.3. The van der Waals surface area contributed by atoms with Gasteiger partial charge in [0.1, 0.15) is 5.54 Å². The number of carbonyl (C=O) groups is 1. The van der Waals surface area contributed by atoms with Crippen LogP contribution in [0.1, 0.15) is 34.6 Å². The molecule has 0 bridgehead atoms. The topological polar surface area (TPSA) is 61.8 Å². The predicted molar refractivity (Wildman–Crippen MR) is 72.9 cm³/mol. The Bertz CT molecular complexity index is 246. The van der Waals surface area contributed by atoms with Gasteiger partial charge < -0.3 is 9.84 Å². The molecular formula is C13H28N2O3. The minimum Gasteiger partial charge on any atom is -0.480 e. The van der Waals surface area contributed by atoms with Gasteiger partial charge in [-0.15, -0.1) is 0 Å². The molecule has 18 heavy (non-hydrogen) atoms. The number of ether oxygens (including phenoxy) is 1. The molecule has 0 saturated heterocycles. The van der Waals surface area contributed by atoms with E-state index in [0.717, 1.165) is 13.1 Å². The normalized spacial score (nSPS) is 15.1. The summed E-state index contributed by atoms with van der Waals surface area (Å²) in [6.07, 6.45) is 0. The van der Waals surface area contributed by atoms with Gasteiger partial charge >= 0.3 is 5.97 Å². The Morgan fingerprint density at radius 1 is 1.44 bits per heavy atom. The third-order valence-electron chi connectivity index (χ3n) is 2.82. The summed E-state index contributed by atoms with van der Waals surface area (Å²) in [6, 6.07) is 0.136. The fourth-order valence-corrected chi connectivity index (χ4v) is 1.95. The number of hydrogen-bond acceptors (Lipinski definition) is 4. The molecule has 0 amide bonds. The summed E-state index contributed by atoms with van der Waals surface area (Å²) in [5, 5.41) is 12.5. The van der Waals surface area contributed by atoms with Gasteiger partial charge in [0.15, 0.2) is 0 Å². The largest absolute Gasteiger partial charge is 0.480 e. The molecule has 0 saturated carbocycles.